The summed E-state index contributed by atoms with van der Waals surface area (Å²) in [4.78, 5) is 17.7. The maximum atomic E-state index is 14.0. The Morgan fingerprint density at radius 3 is 2.78 bits per heavy atom. The first kappa shape index (κ1) is 22.5. The lowest BCUT2D eigenvalue weighted by molar-refractivity contribution is -0.000808. The van der Waals surface area contributed by atoms with Gasteiger partial charge in [-0.15, -0.1) is 0 Å². The number of carbonyl (C=O) groups excluding carboxylic acids is 1. The normalized spacial score (nSPS) is 30.3. The zero-order valence-corrected chi connectivity index (χ0v) is 20.0. The van der Waals surface area contributed by atoms with Crippen LogP contribution in [0.3, 0.4) is 0 Å². The van der Waals surface area contributed by atoms with E-state index in [0.717, 1.165) is 43.6 Å². The molecule has 0 spiro atoms. The van der Waals surface area contributed by atoms with Crippen molar-refractivity contribution in [3.63, 3.8) is 0 Å². The van der Waals surface area contributed by atoms with Gasteiger partial charge in [0.2, 0.25) is 0 Å². The second-order valence-electron chi connectivity index (χ2n) is 9.90. The van der Waals surface area contributed by atoms with Crippen molar-refractivity contribution in [1.82, 2.24) is 15.1 Å². The largest absolute Gasteiger partial charge is 0.352 e. The smallest absolute Gasteiger partial charge is 0.257 e. The number of nitrogens with zero attached hydrogens (tertiary/aromatic N) is 2. The number of piperidine rings is 3. The summed E-state index contributed by atoms with van der Waals surface area (Å²) >= 11 is 3.04. The number of fused-ring (bicyclic) bond motifs is 6. The van der Waals surface area contributed by atoms with Gasteiger partial charge < -0.3 is 5.32 Å². The molecule has 4 nitrogen and oxygen atoms in total. The summed E-state index contributed by atoms with van der Waals surface area (Å²) in [5.41, 5.74) is 1.14. The highest BCUT2D eigenvalue weighted by Gasteiger charge is 2.45. The SMILES string of the molecule is O=C(NCCCN1CCCC2=C[C@@H]3C[C@@H](CN4CCCC[C@H]34)[C@@H]21)c1c(F)cc(Br)cc1F. The molecule has 174 valence electrons. The Kier molecular flexibility index (Phi) is 6.68. The van der Waals surface area contributed by atoms with Gasteiger partial charge in [0.1, 0.15) is 17.2 Å². The summed E-state index contributed by atoms with van der Waals surface area (Å²) in [6.45, 7) is 4.88. The second-order valence-corrected chi connectivity index (χ2v) is 10.8. The monoisotopic (exact) mass is 507 g/mol. The molecule has 3 heterocycles. The van der Waals surface area contributed by atoms with Gasteiger partial charge in [-0.1, -0.05) is 34.0 Å². The van der Waals surface area contributed by atoms with Gasteiger partial charge in [0, 0.05) is 36.2 Å². The Morgan fingerprint density at radius 2 is 1.97 bits per heavy atom. The van der Waals surface area contributed by atoms with Crippen LogP contribution in [-0.4, -0.2) is 60.5 Å². The third-order valence-electron chi connectivity index (χ3n) is 7.90. The van der Waals surface area contributed by atoms with Crippen molar-refractivity contribution in [2.75, 3.05) is 32.7 Å². The zero-order chi connectivity index (χ0) is 22.2. The van der Waals surface area contributed by atoms with E-state index >= 15 is 0 Å². The van der Waals surface area contributed by atoms with Gasteiger partial charge in [0.25, 0.3) is 5.91 Å². The van der Waals surface area contributed by atoms with E-state index in [0.29, 0.717) is 18.5 Å². The predicted octanol–water partition coefficient (Wildman–Crippen LogP) is 4.74. The fraction of sp³-hybridized carbons (Fsp3) is 0.640. The van der Waals surface area contributed by atoms with Gasteiger partial charge >= 0.3 is 0 Å². The van der Waals surface area contributed by atoms with E-state index in [1.54, 1.807) is 5.57 Å². The third kappa shape index (κ3) is 4.40. The first-order valence-corrected chi connectivity index (χ1v) is 12.9. The molecular formula is C25H32BrF2N3O. The molecule has 7 heteroatoms. The molecule has 5 rings (SSSR count). The summed E-state index contributed by atoms with van der Waals surface area (Å²) in [5.74, 6) is -0.934. The van der Waals surface area contributed by atoms with Gasteiger partial charge in [-0.2, -0.15) is 0 Å². The molecule has 32 heavy (non-hydrogen) atoms. The van der Waals surface area contributed by atoms with Crippen molar-refractivity contribution in [2.24, 2.45) is 11.8 Å². The third-order valence-corrected chi connectivity index (χ3v) is 8.36. The van der Waals surface area contributed by atoms with Crippen LogP contribution in [0.2, 0.25) is 0 Å². The molecular weight excluding hydrogens is 476 g/mol. The van der Waals surface area contributed by atoms with Gasteiger partial charge in [0.15, 0.2) is 0 Å². The number of benzene rings is 1. The highest BCUT2D eigenvalue weighted by atomic mass is 79.9. The lowest BCUT2D eigenvalue weighted by Crippen LogP contribution is -2.59. The van der Waals surface area contributed by atoms with E-state index < -0.39 is 23.1 Å². The van der Waals surface area contributed by atoms with E-state index in [4.69, 9.17) is 0 Å². The summed E-state index contributed by atoms with van der Waals surface area (Å²) in [7, 11) is 0. The lowest BCUT2D eigenvalue weighted by atomic mass is 9.68. The molecule has 0 saturated carbocycles. The molecule has 3 aliphatic heterocycles. The Balaban J connectivity index is 1.19. The highest BCUT2D eigenvalue weighted by molar-refractivity contribution is 9.10. The summed E-state index contributed by atoms with van der Waals surface area (Å²) in [6.07, 6.45) is 11.2. The number of amides is 1. The van der Waals surface area contributed by atoms with Crippen molar-refractivity contribution in [3.05, 3.63) is 45.5 Å². The minimum atomic E-state index is -0.842. The molecule has 1 aromatic carbocycles. The van der Waals surface area contributed by atoms with E-state index in [2.05, 4.69) is 37.1 Å². The quantitative estimate of drug-likeness (QED) is 0.461. The molecule has 1 amide bonds. The Bertz CT molecular complexity index is 884. The van der Waals surface area contributed by atoms with Crippen molar-refractivity contribution < 1.29 is 13.6 Å². The van der Waals surface area contributed by atoms with Crippen molar-refractivity contribution in [3.8, 4) is 0 Å². The number of nitrogens with one attached hydrogen (secondary N) is 1. The molecule has 1 aliphatic carbocycles. The maximum Gasteiger partial charge on any atom is 0.257 e. The molecule has 3 fully saturated rings. The van der Waals surface area contributed by atoms with Crippen LogP contribution in [0.4, 0.5) is 8.78 Å². The van der Waals surface area contributed by atoms with E-state index in [9.17, 15) is 13.6 Å². The molecule has 1 aromatic rings. The van der Waals surface area contributed by atoms with E-state index in [1.165, 1.54) is 51.6 Å². The van der Waals surface area contributed by atoms with Crippen molar-refractivity contribution >= 4 is 21.8 Å². The van der Waals surface area contributed by atoms with Crippen LogP contribution in [0.1, 0.15) is 55.3 Å². The summed E-state index contributed by atoms with van der Waals surface area (Å²) < 4.78 is 28.4. The molecule has 1 N–H and O–H groups in total. The number of hydrogen-bond acceptors (Lipinski definition) is 3. The number of rotatable bonds is 5. The Morgan fingerprint density at radius 1 is 1.16 bits per heavy atom. The average Bonchev–Trinajstić information content (AvgIpc) is 2.76. The summed E-state index contributed by atoms with van der Waals surface area (Å²) in [5, 5.41) is 2.71. The molecule has 2 bridgehead atoms. The van der Waals surface area contributed by atoms with E-state index in [-0.39, 0.29) is 4.47 Å². The van der Waals surface area contributed by atoms with Crippen LogP contribution in [0.25, 0.3) is 0 Å². The lowest BCUT2D eigenvalue weighted by Gasteiger charge is -2.54. The van der Waals surface area contributed by atoms with Gasteiger partial charge in [-0.25, -0.2) is 8.78 Å². The summed E-state index contributed by atoms with van der Waals surface area (Å²) in [6, 6.07) is 3.53. The molecule has 4 aliphatic rings. The van der Waals surface area contributed by atoms with Crippen LogP contribution in [0.15, 0.2) is 28.3 Å². The first-order chi connectivity index (χ1) is 15.5. The Hall–Kier alpha value is -1.31. The number of likely N-dealkylation sites (tertiary alicyclic amines) is 1. The maximum absolute atomic E-state index is 14.0. The average molecular weight is 508 g/mol. The molecule has 4 atom stereocenters. The van der Waals surface area contributed by atoms with Gasteiger partial charge in [-0.05, 0) is 75.6 Å². The molecule has 0 radical (unpaired) electrons. The molecule has 3 saturated heterocycles. The van der Waals surface area contributed by atoms with E-state index in [1.807, 2.05) is 0 Å². The fourth-order valence-electron chi connectivity index (χ4n) is 6.67. The molecule has 0 aromatic heterocycles. The van der Waals surface area contributed by atoms with Crippen LogP contribution >= 0.6 is 15.9 Å². The van der Waals surface area contributed by atoms with Crippen molar-refractivity contribution in [2.45, 2.75) is 57.0 Å². The number of hydrogen-bond donors (Lipinski definition) is 1. The minimum Gasteiger partial charge on any atom is -0.352 e. The Labute approximate surface area is 197 Å². The fourth-order valence-corrected chi connectivity index (χ4v) is 7.07. The predicted molar refractivity (Wildman–Crippen MR) is 124 cm³/mol. The zero-order valence-electron chi connectivity index (χ0n) is 18.5. The first-order valence-electron chi connectivity index (χ1n) is 12.1. The number of halogens is 3. The topological polar surface area (TPSA) is 35.6 Å². The highest BCUT2D eigenvalue weighted by Crippen LogP contribution is 2.44. The van der Waals surface area contributed by atoms with Crippen LogP contribution in [-0.2, 0) is 0 Å². The van der Waals surface area contributed by atoms with Crippen LogP contribution in [0, 0.1) is 23.5 Å². The molecule has 0 unspecified atom stereocenters. The minimum absolute atomic E-state index is 0.284. The van der Waals surface area contributed by atoms with Gasteiger partial charge in [0.05, 0.1) is 0 Å². The second kappa shape index (κ2) is 9.51. The number of carbonyl (C=O) groups is 1. The van der Waals surface area contributed by atoms with Crippen LogP contribution in [0.5, 0.6) is 0 Å². The van der Waals surface area contributed by atoms with Crippen molar-refractivity contribution in [1.29, 1.82) is 0 Å². The standard InChI is InChI=1S/C25H32BrF2N3O/c26-19-13-20(27)23(21(28)14-19)25(32)29-7-4-10-30-9-3-5-16-11-17-12-18(24(16)30)15-31-8-2-1-6-22(17)31/h11,13-14,17-18,22,24H,1-10,12,15H2,(H,29,32)/t17-,18+,22-,24-/m1/s1. The van der Waals surface area contributed by atoms with Crippen LogP contribution < -0.4 is 5.32 Å². The van der Waals surface area contributed by atoms with Gasteiger partial charge in [-0.3, -0.25) is 14.6 Å².